The Morgan fingerprint density at radius 3 is 2.54 bits per heavy atom. The van der Waals surface area contributed by atoms with Gasteiger partial charge in [0, 0.05) is 23.1 Å². The molecule has 1 aromatic heterocycles. The summed E-state index contributed by atoms with van der Waals surface area (Å²) in [7, 11) is -1.06. The molecule has 3 N–H and O–H groups in total. The van der Waals surface area contributed by atoms with Crippen LogP contribution in [0.3, 0.4) is 0 Å². The molecule has 0 fully saturated rings. The monoisotopic (exact) mass is 543 g/mol. The van der Waals surface area contributed by atoms with Gasteiger partial charge in [-0.1, -0.05) is 23.7 Å². The number of para-hydroxylation sites is 1. The van der Waals surface area contributed by atoms with Gasteiger partial charge in [-0.25, -0.2) is 9.78 Å². The highest BCUT2D eigenvalue weighted by atomic mass is 35.5. The van der Waals surface area contributed by atoms with E-state index in [2.05, 4.69) is 25.9 Å². The number of halogens is 1. The average molecular weight is 544 g/mol. The van der Waals surface area contributed by atoms with Gasteiger partial charge in [-0.15, -0.1) is 0 Å². The first-order valence-electron chi connectivity index (χ1n) is 11.2. The Hall–Kier alpha value is -3.88. The van der Waals surface area contributed by atoms with Gasteiger partial charge < -0.3 is 30.0 Å². The van der Waals surface area contributed by atoms with Gasteiger partial charge in [0.2, 0.25) is 11.9 Å². The zero-order valence-electron chi connectivity index (χ0n) is 20.7. The standard InChI is InChI=1S/C25H27ClN5O5P/c1-5-36-23(33)13-12-22(32)28-16-10-11-20(35-2)19(14-16)30-25-27-15-17(26)24(31-25)29-18-8-6-7-9-21(18)37(3,4)34/h6-15H,5H2,1-4H3,(H,28,32)(H2,27,29,30,31)/b13-12+. The van der Waals surface area contributed by atoms with Crippen molar-refractivity contribution in [2.75, 3.05) is 43.0 Å². The molecule has 194 valence electrons. The fourth-order valence-electron chi connectivity index (χ4n) is 3.21. The maximum absolute atomic E-state index is 12.7. The van der Waals surface area contributed by atoms with Crippen molar-refractivity contribution in [1.82, 2.24) is 9.97 Å². The lowest BCUT2D eigenvalue weighted by molar-refractivity contribution is -0.137. The molecule has 0 bridgehead atoms. The van der Waals surface area contributed by atoms with E-state index >= 15 is 0 Å². The molecular formula is C25H27ClN5O5P. The Bertz CT molecular complexity index is 1380. The van der Waals surface area contributed by atoms with Crippen LogP contribution in [0.5, 0.6) is 5.75 Å². The molecule has 1 amide bonds. The third kappa shape index (κ3) is 7.80. The highest BCUT2D eigenvalue weighted by Gasteiger charge is 2.17. The molecule has 37 heavy (non-hydrogen) atoms. The van der Waals surface area contributed by atoms with Crippen molar-refractivity contribution in [2.24, 2.45) is 0 Å². The number of anilines is 5. The molecular weight excluding hydrogens is 517 g/mol. The molecule has 0 radical (unpaired) electrons. The molecule has 0 saturated carbocycles. The highest BCUT2D eigenvalue weighted by Crippen LogP contribution is 2.39. The summed E-state index contributed by atoms with van der Waals surface area (Å²) in [6, 6.07) is 12.1. The Kier molecular flexibility index (Phi) is 9.27. The van der Waals surface area contributed by atoms with E-state index < -0.39 is 19.0 Å². The summed E-state index contributed by atoms with van der Waals surface area (Å²) in [6.07, 6.45) is 3.56. The van der Waals surface area contributed by atoms with Crippen LogP contribution in [0.2, 0.25) is 5.02 Å². The third-order valence-corrected chi connectivity index (χ3v) is 6.68. The van der Waals surface area contributed by atoms with E-state index in [1.165, 1.54) is 13.3 Å². The summed E-state index contributed by atoms with van der Waals surface area (Å²) < 4.78 is 22.9. The minimum Gasteiger partial charge on any atom is -0.495 e. The third-order valence-electron chi connectivity index (χ3n) is 4.85. The first-order valence-corrected chi connectivity index (χ1v) is 14.1. The molecule has 1 heterocycles. The molecule has 0 aliphatic carbocycles. The molecule has 0 aliphatic heterocycles. The SMILES string of the molecule is CCOC(=O)/C=C/C(=O)Nc1ccc(OC)c(Nc2ncc(Cl)c(Nc3ccccc3P(C)(C)=O)n2)c1. The highest BCUT2D eigenvalue weighted by molar-refractivity contribution is 7.70. The zero-order valence-corrected chi connectivity index (χ0v) is 22.4. The molecule has 3 aromatic rings. The minimum absolute atomic E-state index is 0.199. The number of methoxy groups -OCH3 is 1. The summed E-state index contributed by atoms with van der Waals surface area (Å²) in [6.45, 7) is 5.26. The van der Waals surface area contributed by atoms with Crippen LogP contribution in [0.4, 0.5) is 28.8 Å². The number of hydrogen-bond donors (Lipinski definition) is 3. The number of esters is 1. The van der Waals surface area contributed by atoms with Gasteiger partial charge in [-0.3, -0.25) is 4.79 Å². The van der Waals surface area contributed by atoms with E-state index in [9.17, 15) is 14.2 Å². The second-order valence-electron chi connectivity index (χ2n) is 8.00. The van der Waals surface area contributed by atoms with Gasteiger partial charge >= 0.3 is 5.97 Å². The number of benzene rings is 2. The summed E-state index contributed by atoms with van der Waals surface area (Å²) in [5.74, 6) is -0.142. The molecule has 0 aliphatic rings. The second kappa shape index (κ2) is 12.4. The number of ether oxygens (including phenoxy) is 2. The van der Waals surface area contributed by atoms with Gasteiger partial charge in [-0.2, -0.15) is 4.98 Å². The first-order chi connectivity index (χ1) is 17.6. The lowest BCUT2D eigenvalue weighted by Crippen LogP contribution is -2.11. The number of carbonyl (C=O) groups excluding carboxylic acids is 2. The largest absolute Gasteiger partial charge is 0.495 e. The maximum Gasteiger partial charge on any atom is 0.330 e. The predicted molar refractivity (Wildman–Crippen MR) is 147 cm³/mol. The Labute approximate surface area is 219 Å². The number of amides is 1. The summed E-state index contributed by atoms with van der Waals surface area (Å²) >= 11 is 6.33. The molecule has 12 heteroatoms. The summed E-state index contributed by atoms with van der Waals surface area (Å²) in [4.78, 5) is 32.3. The summed E-state index contributed by atoms with van der Waals surface area (Å²) in [5, 5.41) is 9.80. The Balaban J connectivity index is 1.83. The molecule has 3 rings (SSSR count). The van der Waals surface area contributed by atoms with E-state index in [0.29, 0.717) is 33.9 Å². The number of carbonyl (C=O) groups is 2. The Morgan fingerprint density at radius 1 is 1.08 bits per heavy atom. The van der Waals surface area contributed by atoms with Crippen molar-refractivity contribution < 1.29 is 23.6 Å². The van der Waals surface area contributed by atoms with E-state index in [1.807, 2.05) is 12.1 Å². The molecule has 0 spiro atoms. The maximum atomic E-state index is 12.7. The van der Waals surface area contributed by atoms with Gasteiger partial charge in [0.15, 0.2) is 5.82 Å². The van der Waals surface area contributed by atoms with Crippen LogP contribution in [0.15, 0.2) is 60.8 Å². The number of nitrogens with zero attached hydrogens (tertiary/aromatic N) is 2. The van der Waals surface area contributed by atoms with Gasteiger partial charge in [0.05, 0.1) is 31.3 Å². The van der Waals surface area contributed by atoms with Crippen LogP contribution in [0.25, 0.3) is 0 Å². The first kappa shape index (κ1) is 27.7. The van der Waals surface area contributed by atoms with Crippen LogP contribution >= 0.6 is 18.7 Å². The second-order valence-corrected chi connectivity index (χ2v) is 11.6. The van der Waals surface area contributed by atoms with Crippen molar-refractivity contribution in [1.29, 1.82) is 0 Å². The molecule has 0 atom stereocenters. The number of aromatic nitrogens is 2. The van der Waals surface area contributed by atoms with Crippen molar-refractivity contribution in [3.63, 3.8) is 0 Å². The van der Waals surface area contributed by atoms with Crippen LogP contribution in [-0.2, 0) is 18.9 Å². The van der Waals surface area contributed by atoms with Crippen molar-refractivity contribution >= 4 is 64.8 Å². The lowest BCUT2D eigenvalue weighted by atomic mass is 10.2. The Morgan fingerprint density at radius 2 is 1.84 bits per heavy atom. The smallest absolute Gasteiger partial charge is 0.330 e. The molecule has 0 saturated heterocycles. The van der Waals surface area contributed by atoms with Crippen LogP contribution in [0.1, 0.15) is 6.92 Å². The van der Waals surface area contributed by atoms with E-state index in [-0.39, 0.29) is 17.6 Å². The fourth-order valence-corrected chi connectivity index (χ4v) is 4.51. The summed E-state index contributed by atoms with van der Waals surface area (Å²) in [5.41, 5.74) is 1.53. The topological polar surface area (TPSA) is 132 Å². The fraction of sp³-hybridized carbons (Fsp3) is 0.200. The van der Waals surface area contributed by atoms with Crippen molar-refractivity contribution in [3.8, 4) is 5.75 Å². The molecule has 2 aromatic carbocycles. The minimum atomic E-state index is -2.56. The van der Waals surface area contributed by atoms with Crippen LogP contribution in [0, 0.1) is 0 Å². The van der Waals surface area contributed by atoms with Crippen LogP contribution < -0.4 is 26.0 Å². The molecule has 10 nitrogen and oxygen atoms in total. The zero-order chi connectivity index (χ0) is 27.0. The van der Waals surface area contributed by atoms with E-state index in [0.717, 1.165) is 12.2 Å². The van der Waals surface area contributed by atoms with E-state index in [1.54, 1.807) is 50.6 Å². The number of hydrogen-bond acceptors (Lipinski definition) is 9. The van der Waals surface area contributed by atoms with Gasteiger partial charge in [-0.05, 0) is 50.6 Å². The van der Waals surface area contributed by atoms with Crippen molar-refractivity contribution in [2.45, 2.75) is 6.92 Å². The lowest BCUT2D eigenvalue weighted by Gasteiger charge is -2.16. The molecule has 0 unspecified atom stereocenters. The average Bonchev–Trinajstić information content (AvgIpc) is 2.85. The van der Waals surface area contributed by atoms with Crippen molar-refractivity contribution in [3.05, 3.63) is 65.8 Å². The van der Waals surface area contributed by atoms with E-state index in [4.69, 9.17) is 21.1 Å². The van der Waals surface area contributed by atoms with Gasteiger partial charge in [0.1, 0.15) is 17.9 Å². The quantitative estimate of drug-likeness (QED) is 0.185. The number of rotatable bonds is 10. The number of nitrogens with one attached hydrogen (secondary N) is 3. The normalized spacial score (nSPS) is 11.2. The van der Waals surface area contributed by atoms with Gasteiger partial charge in [0.25, 0.3) is 0 Å². The van der Waals surface area contributed by atoms with Crippen LogP contribution in [-0.4, -0.2) is 48.9 Å². The predicted octanol–water partition coefficient (Wildman–Crippen LogP) is 4.93.